The number of hydrogen-bond acceptors (Lipinski definition) is 4. The predicted molar refractivity (Wildman–Crippen MR) is 48.7 cm³/mol. The molecule has 0 fully saturated rings. The molecule has 0 bridgehead atoms. The number of aryl methyl sites for hydroxylation is 2. The van der Waals surface area contributed by atoms with Gasteiger partial charge in [0.15, 0.2) is 0 Å². The van der Waals surface area contributed by atoms with E-state index in [1.807, 2.05) is 19.9 Å². The van der Waals surface area contributed by atoms with Crippen molar-refractivity contribution < 1.29 is 0 Å². The van der Waals surface area contributed by atoms with Crippen molar-refractivity contribution in [3.8, 4) is 0 Å². The van der Waals surface area contributed by atoms with E-state index in [0.29, 0.717) is 5.69 Å². The average molecular weight is 165 g/mol. The lowest BCUT2D eigenvalue weighted by Crippen LogP contribution is -1.95. The molecule has 0 aliphatic carbocycles. The van der Waals surface area contributed by atoms with Crippen molar-refractivity contribution in [1.82, 2.24) is 4.98 Å². The van der Waals surface area contributed by atoms with Gasteiger partial charge < -0.3 is 5.32 Å². The summed E-state index contributed by atoms with van der Waals surface area (Å²) in [6.07, 6.45) is 0. The van der Waals surface area contributed by atoms with Gasteiger partial charge in [-0.25, -0.2) is 4.98 Å². The molecular weight excluding hydrogens is 154 g/mol. The first-order valence-corrected chi connectivity index (χ1v) is 3.68. The van der Waals surface area contributed by atoms with Crippen LogP contribution in [0.15, 0.2) is 11.2 Å². The summed E-state index contributed by atoms with van der Waals surface area (Å²) in [5.74, 6) is 0.231. The zero-order valence-electron chi connectivity index (χ0n) is 7.38. The van der Waals surface area contributed by atoms with Gasteiger partial charge in [-0.15, -0.1) is 4.91 Å². The minimum Gasteiger partial charge on any atom is -0.385 e. The first-order chi connectivity index (χ1) is 5.69. The Morgan fingerprint density at radius 1 is 1.50 bits per heavy atom. The topological polar surface area (TPSA) is 54.4 Å². The van der Waals surface area contributed by atoms with Crippen molar-refractivity contribution >= 4 is 11.5 Å². The molecule has 0 aliphatic heterocycles. The number of rotatable bonds is 2. The lowest BCUT2D eigenvalue weighted by atomic mass is 10.2. The van der Waals surface area contributed by atoms with Crippen LogP contribution in [0.5, 0.6) is 0 Å². The third-order valence-corrected chi connectivity index (χ3v) is 1.66. The Labute approximate surface area is 71.0 Å². The van der Waals surface area contributed by atoms with E-state index in [-0.39, 0.29) is 5.82 Å². The Balaban J connectivity index is 3.33. The molecule has 0 aromatic carbocycles. The summed E-state index contributed by atoms with van der Waals surface area (Å²) in [7, 11) is 1.74. The summed E-state index contributed by atoms with van der Waals surface area (Å²) in [5, 5.41) is 5.73. The lowest BCUT2D eigenvalue weighted by Gasteiger charge is -2.06. The molecule has 0 spiro atoms. The molecule has 1 N–H and O–H groups in total. The van der Waals surface area contributed by atoms with Crippen LogP contribution in [0.2, 0.25) is 0 Å². The standard InChI is InChI=1S/C8H11N3O/c1-5-4-6(2)10-8(11-12)7(5)9-3/h4,9H,1-3H3. The van der Waals surface area contributed by atoms with Gasteiger partial charge in [-0.3, -0.25) is 0 Å². The average Bonchev–Trinajstić information content (AvgIpc) is 2.03. The highest BCUT2D eigenvalue weighted by Gasteiger charge is 2.06. The van der Waals surface area contributed by atoms with Crippen LogP contribution in [0.4, 0.5) is 11.5 Å². The second-order valence-electron chi connectivity index (χ2n) is 2.62. The van der Waals surface area contributed by atoms with Crippen molar-refractivity contribution in [3.63, 3.8) is 0 Å². The van der Waals surface area contributed by atoms with Crippen molar-refractivity contribution in [2.45, 2.75) is 13.8 Å². The molecule has 0 radical (unpaired) electrons. The number of nitroso groups, excluding NO2 is 1. The van der Waals surface area contributed by atoms with Gasteiger partial charge in [0.05, 0.1) is 5.69 Å². The molecule has 0 saturated heterocycles. The molecule has 1 aromatic heterocycles. The Kier molecular flexibility index (Phi) is 2.38. The number of nitrogens with zero attached hydrogens (tertiary/aromatic N) is 2. The fraction of sp³-hybridized carbons (Fsp3) is 0.375. The van der Waals surface area contributed by atoms with Crippen LogP contribution in [0, 0.1) is 18.8 Å². The highest BCUT2D eigenvalue weighted by Crippen LogP contribution is 2.25. The van der Waals surface area contributed by atoms with Crippen LogP contribution in [0.1, 0.15) is 11.3 Å². The van der Waals surface area contributed by atoms with Crippen LogP contribution in [-0.4, -0.2) is 12.0 Å². The maximum atomic E-state index is 10.3. The van der Waals surface area contributed by atoms with Crippen LogP contribution in [0.25, 0.3) is 0 Å². The normalized spacial score (nSPS) is 9.58. The molecule has 0 unspecified atom stereocenters. The van der Waals surface area contributed by atoms with Crippen LogP contribution in [0.3, 0.4) is 0 Å². The number of aromatic nitrogens is 1. The fourth-order valence-electron chi connectivity index (χ4n) is 1.19. The summed E-state index contributed by atoms with van der Waals surface area (Å²) in [4.78, 5) is 14.3. The molecule has 0 amide bonds. The Hall–Kier alpha value is -1.45. The van der Waals surface area contributed by atoms with E-state index in [1.165, 1.54) is 0 Å². The molecule has 4 heteroatoms. The molecule has 1 aromatic rings. The van der Waals surface area contributed by atoms with Crippen LogP contribution < -0.4 is 5.32 Å². The van der Waals surface area contributed by atoms with Crippen molar-refractivity contribution in [2.24, 2.45) is 5.18 Å². The molecule has 64 valence electrons. The Morgan fingerprint density at radius 2 is 2.17 bits per heavy atom. The maximum Gasteiger partial charge on any atom is 0.220 e. The first-order valence-electron chi connectivity index (χ1n) is 3.68. The SMILES string of the molecule is CNc1c(C)cc(C)nc1N=O. The molecule has 1 heterocycles. The van der Waals surface area contributed by atoms with E-state index in [1.54, 1.807) is 7.05 Å². The molecule has 0 atom stereocenters. The second kappa shape index (κ2) is 3.30. The monoisotopic (exact) mass is 165 g/mol. The zero-order valence-corrected chi connectivity index (χ0v) is 7.38. The van der Waals surface area contributed by atoms with Gasteiger partial charge >= 0.3 is 0 Å². The fourth-order valence-corrected chi connectivity index (χ4v) is 1.19. The summed E-state index contributed by atoms with van der Waals surface area (Å²) in [6.45, 7) is 3.75. The summed E-state index contributed by atoms with van der Waals surface area (Å²) in [6, 6.07) is 1.90. The van der Waals surface area contributed by atoms with Gasteiger partial charge in [0.2, 0.25) is 5.82 Å². The maximum absolute atomic E-state index is 10.3. The molecular formula is C8H11N3O. The highest BCUT2D eigenvalue weighted by atomic mass is 16.3. The van der Waals surface area contributed by atoms with E-state index < -0.39 is 0 Å². The minimum absolute atomic E-state index is 0.231. The summed E-state index contributed by atoms with van der Waals surface area (Å²) in [5.41, 5.74) is 2.50. The van der Waals surface area contributed by atoms with E-state index in [4.69, 9.17) is 0 Å². The van der Waals surface area contributed by atoms with Gasteiger partial charge in [-0.05, 0) is 30.7 Å². The zero-order chi connectivity index (χ0) is 9.14. The molecule has 1 rings (SSSR count). The first kappa shape index (κ1) is 8.64. The lowest BCUT2D eigenvalue weighted by molar-refractivity contribution is 1.15. The van der Waals surface area contributed by atoms with Gasteiger partial charge in [-0.2, -0.15) is 0 Å². The Morgan fingerprint density at radius 3 is 2.67 bits per heavy atom. The van der Waals surface area contributed by atoms with Gasteiger partial charge in [0.1, 0.15) is 0 Å². The molecule has 0 saturated carbocycles. The van der Waals surface area contributed by atoms with E-state index >= 15 is 0 Å². The highest BCUT2D eigenvalue weighted by molar-refractivity contribution is 5.65. The van der Waals surface area contributed by atoms with E-state index in [0.717, 1.165) is 11.3 Å². The van der Waals surface area contributed by atoms with Crippen molar-refractivity contribution in [3.05, 3.63) is 22.2 Å². The largest absolute Gasteiger partial charge is 0.385 e. The summed E-state index contributed by atoms with van der Waals surface area (Å²) < 4.78 is 0. The summed E-state index contributed by atoms with van der Waals surface area (Å²) >= 11 is 0. The molecule has 12 heavy (non-hydrogen) atoms. The van der Waals surface area contributed by atoms with Crippen molar-refractivity contribution in [2.75, 3.05) is 12.4 Å². The smallest absolute Gasteiger partial charge is 0.220 e. The van der Waals surface area contributed by atoms with Gasteiger partial charge in [0.25, 0.3) is 0 Å². The second-order valence-corrected chi connectivity index (χ2v) is 2.62. The third kappa shape index (κ3) is 1.42. The van der Waals surface area contributed by atoms with Crippen LogP contribution >= 0.6 is 0 Å². The van der Waals surface area contributed by atoms with E-state index in [9.17, 15) is 4.91 Å². The number of pyridine rings is 1. The van der Waals surface area contributed by atoms with E-state index in [2.05, 4.69) is 15.5 Å². The van der Waals surface area contributed by atoms with Gasteiger partial charge in [-0.1, -0.05) is 0 Å². The number of anilines is 1. The number of hydrogen-bond donors (Lipinski definition) is 1. The Bertz CT molecular complexity index is 309. The third-order valence-electron chi connectivity index (χ3n) is 1.66. The van der Waals surface area contributed by atoms with Gasteiger partial charge in [0, 0.05) is 12.7 Å². The quantitative estimate of drug-likeness (QED) is 0.683. The molecule has 4 nitrogen and oxygen atoms in total. The number of nitrogens with one attached hydrogen (secondary N) is 1. The van der Waals surface area contributed by atoms with Crippen molar-refractivity contribution in [1.29, 1.82) is 0 Å². The van der Waals surface area contributed by atoms with Crippen LogP contribution in [-0.2, 0) is 0 Å². The molecule has 0 aliphatic rings. The predicted octanol–water partition coefficient (Wildman–Crippen LogP) is 2.14. The minimum atomic E-state index is 0.231.